The molecule has 20 heavy (non-hydrogen) atoms. The SMILES string of the molecule is Cc1ccc(C(=O)NC(C)C(=O)NCC(C)C)cc1N. The molecule has 0 bridgehead atoms. The molecule has 0 aliphatic carbocycles. The number of hydrogen-bond donors (Lipinski definition) is 3. The molecule has 0 heterocycles. The summed E-state index contributed by atoms with van der Waals surface area (Å²) in [4.78, 5) is 23.8. The van der Waals surface area contributed by atoms with Crippen LogP contribution in [0.5, 0.6) is 0 Å². The second-order valence-electron chi connectivity index (χ2n) is 5.41. The predicted octanol–water partition coefficient (Wildman–Crippen LogP) is 1.47. The molecule has 2 amide bonds. The Balaban J connectivity index is 2.60. The molecule has 0 saturated heterocycles. The van der Waals surface area contributed by atoms with E-state index in [9.17, 15) is 9.59 Å². The fourth-order valence-corrected chi connectivity index (χ4v) is 1.59. The first kappa shape index (κ1) is 16.0. The first-order valence-electron chi connectivity index (χ1n) is 6.76. The van der Waals surface area contributed by atoms with E-state index in [4.69, 9.17) is 5.73 Å². The Kier molecular flexibility index (Phi) is 5.55. The molecule has 0 spiro atoms. The fraction of sp³-hybridized carbons (Fsp3) is 0.467. The predicted molar refractivity (Wildman–Crippen MR) is 80.4 cm³/mol. The van der Waals surface area contributed by atoms with Gasteiger partial charge in [0.2, 0.25) is 5.91 Å². The van der Waals surface area contributed by atoms with Gasteiger partial charge in [0.15, 0.2) is 0 Å². The molecule has 0 aliphatic heterocycles. The van der Waals surface area contributed by atoms with E-state index in [1.54, 1.807) is 25.1 Å². The van der Waals surface area contributed by atoms with Crippen molar-refractivity contribution in [2.75, 3.05) is 12.3 Å². The number of nitrogens with two attached hydrogens (primary N) is 1. The van der Waals surface area contributed by atoms with E-state index in [0.29, 0.717) is 23.7 Å². The van der Waals surface area contributed by atoms with Crippen molar-refractivity contribution in [1.29, 1.82) is 0 Å². The maximum atomic E-state index is 12.0. The number of carbonyl (C=O) groups is 2. The van der Waals surface area contributed by atoms with Crippen LogP contribution in [0.4, 0.5) is 5.69 Å². The van der Waals surface area contributed by atoms with Crippen LogP contribution in [0.3, 0.4) is 0 Å². The average molecular weight is 277 g/mol. The van der Waals surface area contributed by atoms with Crippen LogP contribution in [0.25, 0.3) is 0 Å². The molecular formula is C15H23N3O2. The molecule has 0 aliphatic rings. The van der Waals surface area contributed by atoms with Gasteiger partial charge in [0.1, 0.15) is 6.04 Å². The van der Waals surface area contributed by atoms with Crippen LogP contribution in [-0.2, 0) is 4.79 Å². The third-order valence-electron chi connectivity index (χ3n) is 2.97. The highest BCUT2D eigenvalue weighted by atomic mass is 16.2. The van der Waals surface area contributed by atoms with Crippen molar-refractivity contribution < 1.29 is 9.59 Å². The highest BCUT2D eigenvalue weighted by molar-refractivity contribution is 5.98. The average Bonchev–Trinajstić information content (AvgIpc) is 2.38. The van der Waals surface area contributed by atoms with E-state index in [1.807, 2.05) is 20.8 Å². The van der Waals surface area contributed by atoms with Gasteiger partial charge in [0.05, 0.1) is 0 Å². The van der Waals surface area contributed by atoms with Crippen LogP contribution in [-0.4, -0.2) is 24.4 Å². The summed E-state index contributed by atoms with van der Waals surface area (Å²) in [5.74, 6) is -0.116. The Labute approximate surface area is 119 Å². The van der Waals surface area contributed by atoms with Gasteiger partial charge in [0, 0.05) is 17.8 Å². The second kappa shape index (κ2) is 6.93. The third kappa shape index (κ3) is 4.57. The quantitative estimate of drug-likeness (QED) is 0.713. The largest absolute Gasteiger partial charge is 0.398 e. The molecule has 0 saturated carbocycles. The maximum Gasteiger partial charge on any atom is 0.251 e. The third-order valence-corrected chi connectivity index (χ3v) is 2.97. The summed E-state index contributed by atoms with van der Waals surface area (Å²) in [7, 11) is 0. The molecule has 1 aromatic rings. The minimum atomic E-state index is -0.580. The Morgan fingerprint density at radius 3 is 2.45 bits per heavy atom. The first-order valence-corrected chi connectivity index (χ1v) is 6.76. The van der Waals surface area contributed by atoms with Crippen molar-refractivity contribution in [3.05, 3.63) is 29.3 Å². The summed E-state index contributed by atoms with van der Waals surface area (Å²) in [6, 6.07) is 4.51. The van der Waals surface area contributed by atoms with Gasteiger partial charge in [-0.05, 0) is 37.5 Å². The number of benzene rings is 1. The van der Waals surface area contributed by atoms with Crippen LogP contribution in [0.2, 0.25) is 0 Å². The van der Waals surface area contributed by atoms with E-state index in [1.165, 1.54) is 0 Å². The molecule has 0 radical (unpaired) electrons. The second-order valence-corrected chi connectivity index (χ2v) is 5.41. The highest BCUT2D eigenvalue weighted by Crippen LogP contribution is 2.12. The molecule has 1 unspecified atom stereocenters. The summed E-state index contributed by atoms with van der Waals surface area (Å²) in [5.41, 5.74) is 7.71. The lowest BCUT2D eigenvalue weighted by Crippen LogP contribution is -2.45. The van der Waals surface area contributed by atoms with Crippen LogP contribution >= 0.6 is 0 Å². The van der Waals surface area contributed by atoms with Gasteiger partial charge < -0.3 is 16.4 Å². The Morgan fingerprint density at radius 1 is 1.25 bits per heavy atom. The van der Waals surface area contributed by atoms with Crippen molar-refractivity contribution in [2.45, 2.75) is 33.7 Å². The summed E-state index contributed by atoms with van der Waals surface area (Å²) >= 11 is 0. The van der Waals surface area contributed by atoms with Gasteiger partial charge in [-0.25, -0.2) is 0 Å². The van der Waals surface area contributed by atoms with Gasteiger partial charge in [-0.3, -0.25) is 9.59 Å². The summed E-state index contributed by atoms with van der Waals surface area (Å²) in [5, 5.41) is 5.44. The zero-order valence-corrected chi connectivity index (χ0v) is 12.5. The number of nitrogen functional groups attached to an aromatic ring is 1. The van der Waals surface area contributed by atoms with Crippen molar-refractivity contribution in [3.63, 3.8) is 0 Å². The minimum absolute atomic E-state index is 0.188. The van der Waals surface area contributed by atoms with Crippen LogP contribution < -0.4 is 16.4 Å². The smallest absolute Gasteiger partial charge is 0.251 e. The van der Waals surface area contributed by atoms with Gasteiger partial charge in [-0.15, -0.1) is 0 Å². The Hall–Kier alpha value is -2.04. The van der Waals surface area contributed by atoms with E-state index in [-0.39, 0.29) is 11.8 Å². The lowest BCUT2D eigenvalue weighted by Gasteiger charge is -2.15. The van der Waals surface area contributed by atoms with Gasteiger partial charge in [-0.2, -0.15) is 0 Å². The molecule has 5 heteroatoms. The van der Waals surface area contributed by atoms with E-state index >= 15 is 0 Å². The van der Waals surface area contributed by atoms with Crippen molar-refractivity contribution in [3.8, 4) is 0 Å². The number of hydrogen-bond acceptors (Lipinski definition) is 3. The first-order chi connectivity index (χ1) is 9.31. The number of amides is 2. The molecule has 5 nitrogen and oxygen atoms in total. The molecule has 0 aromatic heterocycles. The van der Waals surface area contributed by atoms with Gasteiger partial charge in [-0.1, -0.05) is 19.9 Å². The van der Waals surface area contributed by atoms with Crippen molar-refractivity contribution in [1.82, 2.24) is 10.6 Å². The summed E-state index contributed by atoms with van der Waals surface area (Å²) in [6.45, 7) is 8.15. The Morgan fingerprint density at radius 2 is 1.90 bits per heavy atom. The molecular weight excluding hydrogens is 254 g/mol. The molecule has 110 valence electrons. The highest BCUT2D eigenvalue weighted by Gasteiger charge is 2.16. The topological polar surface area (TPSA) is 84.2 Å². The van der Waals surface area contributed by atoms with E-state index < -0.39 is 6.04 Å². The minimum Gasteiger partial charge on any atom is -0.398 e. The maximum absolute atomic E-state index is 12.0. The number of aryl methyl sites for hydroxylation is 1. The fourth-order valence-electron chi connectivity index (χ4n) is 1.59. The summed E-state index contributed by atoms with van der Waals surface area (Å²) < 4.78 is 0. The van der Waals surface area contributed by atoms with E-state index in [0.717, 1.165) is 5.56 Å². The number of anilines is 1. The monoisotopic (exact) mass is 277 g/mol. The zero-order chi connectivity index (χ0) is 15.3. The van der Waals surface area contributed by atoms with E-state index in [2.05, 4.69) is 10.6 Å². The lowest BCUT2D eigenvalue weighted by molar-refractivity contribution is -0.122. The van der Waals surface area contributed by atoms with Gasteiger partial charge in [0.25, 0.3) is 5.91 Å². The molecule has 1 atom stereocenters. The number of carbonyl (C=O) groups excluding carboxylic acids is 2. The van der Waals surface area contributed by atoms with Crippen LogP contribution in [0.15, 0.2) is 18.2 Å². The summed E-state index contributed by atoms with van der Waals surface area (Å²) in [6.07, 6.45) is 0. The number of nitrogens with one attached hydrogen (secondary N) is 2. The normalized spacial score (nSPS) is 12.1. The van der Waals surface area contributed by atoms with Crippen LogP contribution in [0, 0.1) is 12.8 Å². The Bertz CT molecular complexity index is 498. The van der Waals surface area contributed by atoms with Crippen molar-refractivity contribution in [2.24, 2.45) is 5.92 Å². The molecule has 4 N–H and O–H groups in total. The van der Waals surface area contributed by atoms with Crippen LogP contribution in [0.1, 0.15) is 36.7 Å². The molecule has 1 rings (SSSR count). The molecule has 0 fully saturated rings. The van der Waals surface area contributed by atoms with Crippen molar-refractivity contribution >= 4 is 17.5 Å². The number of rotatable bonds is 5. The zero-order valence-electron chi connectivity index (χ0n) is 12.5. The lowest BCUT2D eigenvalue weighted by atomic mass is 10.1. The standard InChI is InChI=1S/C15H23N3O2/c1-9(2)8-17-14(19)11(4)18-15(20)12-6-5-10(3)13(16)7-12/h5-7,9,11H,8,16H2,1-4H3,(H,17,19)(H,18,20). The van der Waals surface area contributed by atoms with Gasteiger partial charge >= 0.3 is 0 Å². The molecule has 1 aromatic carbocycles.